The largest absolute Gasteiger partial charge is 0.454 e. The summed E-state index contributed by atoms with van der Waals surface area (Å²) in [7, 11) is 0. The van der Waals surface area contributed by atoms with Crippen LogP contribution in [0.1, 0.15) is 49.6 Å². The molecule has 2 aromatic rings. The number of benzene rings is 2. The van der Waals surface area contributed by atoms with Crippen LogP contribution in [0.2, 0.25) is 0 Å². The van der Waals surface area contributed by atoms with E-state index >= 15 is 0 Å². The van der Waals surface area contributed by atoms with Crippen molar-refractivity contribution in [1.82, 2.24) is 0 Å². The summed E-state index contributed by atoms with van der Waals surface area (Å²) in [5.41, 5.74) is 4.70. The molecule has 0 bridgehead atoms. The molecule has 0 radical (unpaired) electrons. The Balaban J connectivity index is 1.60. The zero-order valence-corrected chi connectivity index (χ0v) is 16.0. The minimum absolute atomic E-state index is 0.0556. The van der Waals surface area contributed by atoms with Crippen molar-refractivity contribution in [3.63, 3.8) is 0 Å². The molecule has 3 atom stereocenters. The third-order valence-corrected chi connectivity index (χ3v) is 5.62. The highest BCUT2D eigenvalue weighted by molar-refractivity contribution is 5.61. The van der Waals surface area contributed by atoms with Gasteiger partial charge in [0, 0.05) is 16.8 Å². The van der Waals surface area contributed by atoms with E-state index in [2.05, 4.69) is 50.4 Å². The molecule has 0 saturated carbocycles. The smallest absolute Gasteiger partial charge is 0.231 e. The first-order valence-corrected chi connectivity index (χ1v) is 9.55. The Morgan fingerprint density at radius 3 is 2.67 bits per heavy atom. The third kappa shape index (κ3) is 2.77. The van der Waals surface area contributed by atoms with Crippen LogP contribution in [-0.2, 0) is 14.9 Å². The molecule has 142 valence electrons. The molecule has 0 aromatic heterocycles. The Morgan fingerprint density at radius 2 is 1.81 bits per heavy atom. The van der Waals surface area contributed by atoms with Crippen LogP contribution in [0.25, 0.3) is 0 Å². The number of hydrogen-bond donors (Lipinski definition) is 1. The van der Waals surface area contributed by atoms with Gasteiger partial charge in [0.05, 0.1) is 19.3 Å². The number of anilines is 1. The maximum atomic E-state index is 6.21. The van der Waals surface area contributed by atoms with Gasteiger partial charge in [-0.15, -0.1) is 0 Å². The van der Waals surface area contributed by atoms with Gasteiger partial charge < -0.3 is 24.3 Å². The lowest BCUT2D eigenvalue weighted by Crippen LogP contribution is -2.43. The van der Waals surface area contributed by atoms with Crippen molar-refractivity contribution in [1.29, 1.82) is 0 Å². The summed E-state index contributed by atoms with van der Waals surface area (Å²) in [5, 5.41) is 3.68. The average molecular weight is 367 g/mol. The van der Waals surface area contributed by atoms with Gasteiger partial charge in [0.1, 0.15) is 12.2 Å². The van der Waals surface area contributed by atoms with E-state index in [4.69, 9.17) is 18.9 Å². The predicted octanol–water partition coefficient (Wildman–Crippen LogP) is 4.34. The van der Waals surface area contributed by atoms with E-state index < -0.39 is 0 Å². The second kappa shape index (κ2) is 6.14. The van der Waals surface area contributed by atoms with Gasteiger partial charge in [0.15, 0.2) is 11.5 Å². The lowest BCUT2D eigenvalue weighted by Gasteiger charge is -2.43. The highest BCUT2D eigenvalue weighted by Gasteiger charge is 2.43. The van der Waals surface area contributed by atoms with Gasteiger partial charge in [0.2, 0.25) is 6.79 Å². The topological polar surface area (TPSA) is 49.0 Å². The van der Waals surface area contributed by atoms with Crippen LogP contribution in [0.5, 0.6) is 11.5 Å². The number of ether oxygens (including phenoxy) is 4. The van der Waals surface area contributed by atoms with Crippen molar-refractivity contribution in [2.75, 3.05) is 25.3 Å². The average Bonchev–Trinajstić information content (AvgIpc) is 3.15. The van der Waals surface area contributed by atoms with Gasteiger partial charge in [-0.05, 0) is 23.1 Å². The molecule has 1 N–H and O–H groups in total. The zero-order chi connectivity index (χ0) is 18.6. The molecule has 3 unspecified atom stereocenters. The highest BCUT2D eigenvalue weighted by atomic mass is 16.7. The van der Waals surface area contributed by atoms with Crippen molar-refractivity contribution in [3.8, 4) is 11.5 Å². The molecule has 0 aliphatic carbocycles. The van der Waals surface area contributed by atoms with E-state index in [1.165, 1.54) is 11.1 Å². The van der Waals surface area contributed by atoms with E-state index in [9.17, 15) is 0 Å². The number of fused-ring (bicyclic) bond motifs is 4. The SMILES string of the molecule is CC(C)(C)c1ccc2c(c1)C1OCCOC1C(c1cccc3c1OCO3)N2. The summed E-state index contributed by atoms with van der Waals surface area (Å²) >= 11 is 0. The van der Waals surface area contributed by atoms with Crippen molar-refractivity contribution in [2.24, 2.45) is 0 Å². The number of para-hydroxylation sites is 1. The molecule has 3 heterocycles. The lowest BCUT2D eigenvalue weighted by molar-refractivity contribution is -0.151. The molecule has 27 heavy (non-hydrogen) atoms. The monoisotopic (exact) mass is 367 g/mol. The third-order valence-electron chi connectivity index (χ3n) is 5.62. The minimum atomic E-state index is -0.114. The number of hydrogen-bond acceptors (Lipinski definition) is 5. The van der Waals surface area contributed by atoms with Crippen LogP contribution in [-0.4, -0.2) is 26.1 Å². The molecule has 5 nitrogen and oxygen atoms in total. The van der Waals surface area contributed by atoms with Crippen molar-refractivity contribution in [2.45, 2.75) is 44.4 Å². The zero-order valence-electron chi connectivity index (χ0n) is 16.0. The van der Waals surface area contributed by atoms with Gasteiger partial charge in [-0.25, -0.2) is 0 Å². The fourth-order valence-electron chi connectivity index (χ4n) is 4.18. The number of nitrogens with one attached hydrogen (secondary N) is 1. The van der Waals surface area contributed by atoms with Crippen LogP contribution in [0, 0.1) is 0 Å². The van der Waals surface area contributed by atoms with Gasteiger partial charge in [0.25, 0.3) is 0 Å². The first-order chi connectivity index (χ1) is 13.0. The van der Waals surface area contributed by atoms with Crippen LogP contribution in [0.3, 0.4) is 0 Å². The number of rotatable bonds is 1. The van der Waals surface area contributed by atoms with Crippen molar-refractivity contribution in [3.05, 3.63) is 53.1 Å². The van der Waals surface area contributed by atoms with Gasteiger partial charge in [-0.3, -0.25) is 0 Å². The normalized spacial score (nSPS) is 26.1. The molecule has 3 aliphatic heterocycles. The fraction of sp³-hybridized carbons (Fsp3) is 0.455. The molecule has 1 fully saturated rings. The predicted molar refractivity (Wildman–Crippen MR) is 103 cm³/mol. The Labute approximate surface area is 159 Å². The van der Waals surface area contributed by atoms with Crippen molar-refractivity contribution >= 4 is 5.69 Å². The molecule has 5 heteroatoms. The molecular weight excluding hydrogens is 342 g/mol. The van der Waals surface area contributed by atoms with Gasteiger partial charge in [-0.1, -0.05) is 45.0 Å². The van der Waals surface area contributed by atoms with E-state index in [1.807, 2.05) is 12.1 Å². The van der Waals surface area contributed by atoms with E-state index in [-0.39, 0.29) is 30.5 Å². The summed E-state index contributed by atoms with van der Waals surface area (Å²) in [4.78, 5) is 0. The lowest BCUT2D eigenvalue weighted by atomic mass is 9.81. The quantitative estimate of drug-likeness (QED) is 0.813. The Kier molecular flexibility index (Phi) is 3.85. The second-order valence-electron chi connectivity index (χ2n) is 8.38. The summed E-state index contributed by atoms with van der Waals surface area (Å²) in [5.74, 6) is 1.59. The molecular formula is C22H25NO4. The van der Waals surface area contributed by atoms with Gasteiger partial charge in [-0.2, -0.15) is 0 Å². The molecule has 5 rings (SSSR count). The first-order valence-electron chi connectivity index (χ1n) is 9.55. The van der Waals surface area contributed by atoms with E-state index in [0.717, 1.165) is 22.7 Å². The van der Waals surface area contributed by atoms with Crippen molar-refractivity contribution < 1.29 is 18.9 Å². The van der Waals surface area contributed by atoms with Crippen LogP contribution < -0.4 is 14.8 Å². The summed E-state index contributed by atoms with van der Waals surface area (Å²) in [6, 6.07) is 12.6. The van der Waals surface area contributed by atoms with E-state index in [0.29, 0.717) is 13.2 Å². The van der Waals surface area contributed by atoms with Crippen LogP contribution in [0.15, 0.2) is 36.4 Å². The Morgan fingerprint density at radius 1 is 0.963 bits per heavy atom. The maximum absolute atomic E-state index is 6.21. The van der Waals surface area contributed by atoms with Crippen LogP contribution >= 0.6 is 0 Å². The summed E-state index contributed by atoms with van der Waals surface area (Å²) in [6.45, 7) is 8.16. The summed E-state index contributed by atoms with van der Waals surface area (Å²) < 4.78 is 23.7. The summed E-state index contributed by atoms with van der Waals surface area (Å²) in [6.07, 6.45) is -0.211. The maximum Gasteiger partial charge on any atom is 0.231 e. The molecule has 0 amide bonds. The van der Waals surface area contributed by atoms with Crippen LogP contribution in [0.4, 0.5) is 5.69 Å². The Bertz CT molecular complexity index is 873. The minimum Gasteiger partial charge on any atom is -0.454 e. The second-order valence-corrected chi connectivity index (χ2v) is 8.38. The highest BCUT2D eigenvalue weighted by Crippen LogP contribution is 2.49. The molecule has 1 saturated heterocycles. The van der Waals surface area contributed by atoms with Gasteiger partial charge >= 0.3 is 0 Å². The molecule has 3 aliphatic rings. The molecule has 2 aromatic carbocycles. The first kappa shape index (κ1) is 16.9. The Hall–Kier alpha value is -2.24. The fourth-order valence-corrected chi connectivity index (χ4v) is 4.18. The molecule has 0 spiro atoms. The van der Waals surface area contributed by atoms with E-state index in [1.54, 1.807) is 0 Å². The standard InChI is InChI=1S/C22H25NO4/c1-22(2,3)13-7-8-16-15(11-13)20-21(25-10-9-24-20)18(23-16)14-5-4-6-17-19(14)27-12-26-17/h4-8,11,18,20-21,23H,9-10,12H2,1-3H3.